The molecule has 0 aromatic heterocycles. The minimum atomic E-state index is -0.806. The molecule has 0 aromatic rings. The summed E-state index contributed by atoms with van der Waals surface area (Å²) in [7, 11) is 1.35. The third-order valence-electron chi connectivity index (χ3n) is 3.03. The molecule has 0 saturated heterocycles. The Morgan fingerprint density at radius 1 is 1.31 bits per heavy atom. The molecule has 5 nitrogen and oxygen atoms in total. The summed E-state index contributed by atoms with van der Waals surface area (Å²) >= 11 is 0. The fourth-order valence-corrected chi connectivity index (χ4v) is 2.19. The standard InChI is InChI=1S/C11H20N2O3/c1-16-10(15)11(6-3-2-4-7-11)13-9(14)5-8-12/h2-8,12H2,1H3,(H,13,14). The SMILES string of the molecule is COC(=O)C1(NC(=O)CCN)CCCCC1. The van der Waals surface area contributed by atoms with Gasteiger partial charge >= 0.3 is 5.97 Å². The van der Waals surface area contributed by atoms with Crippen LogP contribution in [0.5, 0.6) is 0 Å². The fourth-order valence-electron chi connectivity index (χ4n) is 2.19. The summed E-state index contributed by atoms with van der Waals surface area (Å²) in [6.45, 7) is 0.295. The van der Waals surface area contributed by atoms with Gasteiger partial charge in [-0.1, -0.05) is 19.3 Å². The van der Waals surface area contributed by atoms with Crippen molar-refractivity contribution in [2.24, 2.45) is 5.73 Å². The number of carbonyl (C=O) groups is 2. The van der Waals surface area contributed by atoms with Crippen molar-refractivity contribution in [3.63, 3.8) is 0 Å². The lowest BCUT2D eigenvalue weighted by Gasteiger charge is -2.35. The highest BCUT2D eigenvalue weighted by atomic mass is 16.5. The zero-order valence-electron chi connectivity index (χ0n) is 9.75. The molecule has 0 unspecified atom stereocenters. The highest BCUT2D eigenvalue weighted by Gasteiger charge is 2.41. The molecular formula is C11H20N2O3. The van der Waals surface area contributed by atoms with E-state index in [2.05, 4.69) is 5.32 Å². The highest BCUT2D eigenvalue weighted by molar-refractivity contribution is 5.88. The van der Waals surface area contributed by atoms with Crippen LogP contribution in [0.1, 0.15) is 38.5 Å². The number of nitrogens with two attached hydrogens (primary N) is 1. The summed E-state index contributed by atoms with van der Waals surface area (Å²) in [6, 6.07) is 0. The van der Waals surface area contributed by atoms with Gasteiger partial charge in [-0.25, -0.2) is 4.79 Å². The van der Waals surface area contributed by atoms with Gasteiger partial charge in [0, 0.05) is 13.0 Å². The molecule has 1 aliphatic carbocycles. The van der Waals surface area contributed by atoms with Crippen LogP contribution in [-0.2, 0) is 14.3 Å². The Morgan fingerprint density at radius 3 is 2.44 bits per heavy atom. The first-order valence-electron chi connectivity index (χ1n) is 5.74. The van der Waals surface area contributed by atoms with E-state index in [0.29, 0.717) is 19.4 Å². The summed E-state index contributed by atoms with van der Waals surface area (Å²) in [5.41, 5.74) is 4.50. The van der Waals surface area contributed by atoms with Crippen molar-refractivity contribution in [1.29, 1.82) is 0 Å². The van der Waals surface area contributed by atoms with E-state index < -0.39 is 5.54 Å². The van der Waals surface area contributed by atoms with Crippen molar-refractivity contribution in [2.75, 3.05) is 13.7 Å². The van der Waals surface area contributed by atoms with E-state index in [-0.39, 0.29) is 18.3 Å². The van der Waals surface area contributed by atoms with Gasteiger partial charge in [-0.15, -0.1) is 0 Å². The zero-order chi connectivity index (χ0) is 12.0. The summed E-state index contributed by atoms with van der Waals surface area (Å²) in [6.07, 6.45) is 4.56. The van der Waals surface area contributed by atoms with E-state index in [1.807, 2.05) is 0 Å². The number of amides is 1. The van der Waals surface area contributed by atoms with Gasteiger partial charge in [-0.3, -0.25) is 4.79 Å². The van der Waals surface area contributed by atoms with Crippen LogP contribution in [0.15, 0.2) is 0 Å². The van der Waals surface area contributed by atoms with E-state index in [4.69, 9.17) is 10.5 Å². The second kappa shape index (κ2) is 5.84. The normalized spacial score (nSPS) is 18.9. The molecule has 1 fully saturated rings. The zero-order valence-corrected chi connectivity index (χ0v) is 9.75. The molecule has 0 aliphatic heterocycles. The smallest absolute Gasteiger partial charge is 0.331 e. The van der Waals surface area contributed by atoms with Crippen molar-refractivity contribution >= 4 is 11.9 Å². The Bertz CT molecular complexity index is 260. The Kier molecular flexibility index (Phi) is 4.73. The van der Waals surface area contributed by atoms with E-state index >= 15 is 0 Å². The third kappa shape index (κ3) is 2.95. The lowest BCUT2D eigenvalue weighted by atomic mass is 9.81. The van der Waals surface area contributed by atoms with E-state index in [1.165, 1.54) is 7.11 Å². The molecule has 1 amide bonds. The molecule has 0 aromatic carbocycles. The Hall–Kier alpha value is -1.10. The van der Waals surface area contributed by atoms with E-state index in [0.717, 1.165) is 19.3 Å². The number of methoxy groups -OCH3 is 1. The van der Waals surface area contributed by atoms with Crippen LogP contribution < -0.4 is 11.1 Å². The predicted octanol–water partition coefficient (Wildman–Crippen LogP) is 0.327. The molecule has 5 heteroatoms. The molecule has 0 bridgehead atoms. The Balaban J connectivity index is 2.70. The van der Waals surface area contributed by atoms with Crippen LogP contribution in [0.2, 0.25) is 0 Å². The number of hydrogen-bond donors (Lipinski definition) is 2. The third-order valence-corrected chi connectivity index (χ3v) is 3.03. The highest BCUT2D eigenvalue weighted by Crippen LogP contribution is 2.29. The van der Waals surface area contributed by atoms with E-state index in [9.17, 15) is 9.59 Å². The first-order chi connectivity index (χ1) is 7.64. The van der Waals surface area contributed by atoms with Crippen LogP contribution in [-0.4, -0.2) is 31.1 Å². The molecule has 0 heterocycles. The quantitative estimate of drug-likeness (QED) is 0.679. The van der Waals surface area contributed by atoms with Crippen molar-refractivity contribution in [2.45, 2.75) is 44.1 Å². The first kappa shape index (κ1) is 13.0. The molecule has 0 radical (unpaired) electrons. The van der Waals surface area contributed by atoms with E-state index in [1.54, 1.807) is 0 Å². The molecule has 1 aliphatic rings. The number of rotatable bonds is 4. The van der Waals surface area contributed by atoms with Gasteiger partial charge in [-0.2, -0.15) is 0 Å². The molecule has 92 valence electrons. The van der Waals surface area contributed by atoms with Gasteiger partial charge in [0.05, 0.1) is 7.11 Å². The molecule has 16 heavy (non-hydrogen) atoms. The van der Waals surface area contributed by atoms with Crippen LogP contribution >= 0.6 is 0 Å². The first-order valence-corrected chi connectivity index (χ1v) is 5.74. The summed E-state index contributed by atoms with van der Waals surface area (Å²) in [5.74, 6) is -0.507. The predicted molar refractivity (Wildman–Crippen MR) is 59.6 cm³/mol. The topological polar surface area (TPSA) is 81.4 Å². The van der Waals surface area contributed by atoms with Gasteiger partial charge in [-0.05, 0) is 12.8 Å². The maximum Gasteiger partial charge on any atom is 0.331 e. The minimum absolute atomic E-state index is 0.171. The number of carbonyl (C=O) groups excluding carboxylic acids is 2. The average molecular weight is 228 g/mol. The fraction of sp³-hybridized carbons (Fsp3) is 0.818. The van der Waals surface area contributed by atoms with Gasteiger partial charge in [0.2, 0.25) is 5.91 Å². The monoisotopic (exact) mass is 228 g/mol. The second-order valence-corrected chi connectivity index (χ2v) is 4.22. The maximum atomic E-state index is 11.8. The summed E-state index contributed by atoms with van der Waals surface area (Å²) in [5, 5.41) is 2.79. The van der Waals surface area contributed by atoms with Gasteiger partial charge in [0.15, 0.2) is 0 Å². The number of nitrogens with one attached hydrogen (secondary N) is 1. The van der Waals surface area contributed by atoms with Gasteiger partial charge in [0.25, 0.3) is 0 Å². The van der Waals surface area contributed by atoms with Crippen molar-refractivity contribution in [3.8, 4) is 0 Å². The van der Waals surface area contributed by atoms with Crippen LogP contribution in [0, 0.1) is 0 Å². The molecule has 1 rings (SSSR count). The van der Waals surface area contributed by atoms with Crippen molar-refractivity contribution in [1.82, 2.24) is 5.32 Å². The summed E-state index contributed by atoms with van der Waals surface area (Å²) < 4.78 is 4.79. The molecule has 0 spiro atoms. The lowest BCUT2D eigenvalue weighted by Crippen LogP contribution is -2.56. The molecule has 3 N–H and O–H groups in total. The summed E-state index contributed by atoms with van der Waals surface area (Å²) in [4.78, 5) is 23.3. The Labute approximate surface area is 95.7 Å². The molecule has 1 saturated carbocycles. The number of ether oxygens (including phenoxy) is 1. The molecular weight excluding hydrogens is 208 g/mol. The van der Waals surface area contributed by atoms with Crippen molar-refractivity contribution < 1.29 is 14.3 Å². The van der Waals surface area contributed by atoms with Crippen LogP contribution in [0.4, 0.5) is 0 Å². The number of hydrogen-bond acceptors (Lipinski definition) is 4. The lowest BCUT2D eigenvalue weighted by molar-refractivity contribution is -0.152. The minimum Gasteiger partial charge on any atom is -0.467 e. The van der Waals surface area contributed by atoms with Gasteiger partial charge < -0.3 is 15.8 Å². The van der Waals surface area contributed by atoms with Crippen LogP contribution in [0.3, 0.4) is 0 Å². The van der Waals surface area contributed by atoms with Crippen LogP contribution in [0.25, 0.3) is 0 Å². The molecule has 0 atom stereocenters. The average Bonchev–Trinajstić information content (AvgIpc) is 2.29. The number of esters is 1. The largest absolute Gasteiger partial charge is 0.467 e. The second-order valence-electron chi connectivity index (χ2n) is 4.22. The Morgan fingerprint density at radius 2 is 1.94 bits per heavy atom. The van der Waals surface area contributed by atoms with Gasteiger partial charge in [0.1, 0.15) is 5.54 Å². The van der Waals surface area contributed by atoms with Crippen molar-refractivity contribution in [3.05, 3.63) is 0 Å². The maximum absolute atomic E-state index is 11.8.